The summed E-state index contributed by atoms with van der Waals surface area (Å²) in [5, 5.41) is 13.5. The molecular weight excluding hydrogens is 377 g/mol. The molecule has 27 heavy (non-hydrogen) atoms. The van der Waals surface area contributed by atoms with Crippen LogP contribution >= 0.6 is 0 Å². The number of amides is 1. The molecule has 0 spiro atoms. The summed E-state index contributed by atoms with van der Waals surface area (Å²) in [6, 6.07) is 7.29. The van der Waals surface area contributed by atoms with Crippen LogP contribution < -0.4 is 10.0 Å². The highest BCUT2D eigenvalue weighted by atomic mass is 32.2. The van der Waals surface area contributed by atoms with E-state index < -0.39 is 32.7 Å². The Balaban J connectivity index is 2.20. The highest BCUT2D eigenvalue weighted by Gasteiger charge is 2.25. The second kappa shape index (κ2) is 8.23. The number of nitro groups is 1. The molecule has 2 rings (SSSR count). The molecular formula is C17H18FN3O5S. The zero-order valence-electron chi connectivity index (χ0n) is 14.6. The fourth-order valence-electron chi connectivity index (χ4n) is 2.37. The van der Waals surface area contributed by atoms with Crippen LogP contribution in [0.5, 0.6) is 0 Å². The minimum atomic E-state index is -4.04. The lowest BCUT2D eigenvalue weighted by atomic mass is 10.1. The molecule has 0 bridgehead atoms. The number of benzene rings is 2. The number of rotatable bonds is 7. The van der Waals surface area contributed by atoms with Gasteiger partial charge in [-0.2, -0.15) is 4.72 Å². The fraction of sp³-hybridized carbons (Fsp3) is 0.235. The predicted molar refractivity (Wildman–Crippen MR) is 97.3 cm³/mol. The SMILES string of the molecule is CCC(NS(=O)(=O)c1ccc(F)cc1)C(=O)Nc1cccc([N+](=O)[O-])c1C. The third-order valence-corrected chi connectivity index (χ3v) is 5.39. The van der Waals surface area contributed by atoms with Crippen molar-refractivity contribution >= 4 is 27.3 Å². The largest absolute Gasteiger partial charge is 0.324 e. The second-order valence-electron chi connectivity index (χ2n) is 5.73. The van der Waals surface area contributed by atoms with Crippen molar-refractivity contribution in [2.24, 2.45) is 0 Å². The number of nitrogens with zero attached hydrogens (tertiary/aromatic N) is 1. The highest BCUT2D eigenvalue weighted by Crippen LogP contribution is 2.25. The van der Waals surface area contributed by atoms with E-state index >= 15 is 0 Å². The van der Waals surface area contributed by atoms with E-state index in [9.17, 15) is 27.7 Å². The third kappa shape index (κ3) is 4.86. The summed E-state index contributed by atoms with van der Waals surface area (Å²) >= 11 is 0. The first-order chi connectivity index (χ1) is 12.7. The number of hydrogen-bond acceptors (Lipinski definition) is 5. The Kier molecular flexibility index (Phi) is 6.24. The summed E-state index contributed by atoms with van der Waals surface area (Å²) in [6.45, 7) is 3.09. The molecule has 144 valence electrons. The topological polar surface area (TPSA) is 118 Å². The number of nitro benzene ring substituents is 1. The monoisotopic (exact) mass is 395 g/mol. The van der Waals surface area contributed by atoms with Crippen molar-refractivity contribution in [2.75, 3.05) is 5.32 Å². The standard InChI is InChI=1S/C17H18FN3O5S/c1-3-14(20-27(25,26)13-9-7-12(18)8-10-13)17(22)19-15-5-4-6-16(11(15)2)21(23)24/h4-10,14,20H,3H2,1-2H3,(H,19,22). The van der Waals surface area contributed by atoms with Crippen LogP contribution in [0.4, 0.5) is 15.8 Å². The van der Waals surface area contributed by atoms with E-state index in [1.165, 1.54) is 25.1 Å². The third-order valence-electron chi connectivity index (χ3n) is 3.91. The summed E-state index contributed by atoms with van der Waals surface area (Å²) in [5.74, 6) is -1.24. The van der Waals surface area contributed by atoms with Gasteiger partial charge in [-0.1, -0.05) is 13.0 Å². The molecule has 2 aromatic rings. The maximum atomic E-state index is 13.0. The molecule has 2 aromatic carbocycles. The van der Waals surface area contributed by atoms with E-state index in [2.05, 4.69) is 10.0 Å². The number of hydrogen-bond donors (Lipinski definition) is 2. The van der Waals surface area contributed by atoms with Gasteiger partial charge in [0.15, 0.2) is 0 Å². The molecule has 1 amide bonds. The first-order valence-corrected chi connectivity index (χ1v) is 9.46. The van der Waals surface area contributed by atoms with Crippen LogP contribution in [-0.2, 0) is 14.8 Å². The Morgan fingerprint density at radius 3 is 2.41 bits per heavy atom. The Labute approximate surface area is 155 Å². The van der Waals surface area contributed by atoms with Gasteiger partial charge < -0.3 is 5.32 Å². The molecule has 0 aliphatic rings. The van der Waals surface area contributed by atoms with Crippen molar-refractivity contribution in [3.63, 3.8) is 0 Å². The average molecular weight is 395 g/mol. The van der Waals surface area contributed by atoms with Crippen LogP contribution in [0.15, 0.2) is 47.4 Å². The lowest BCUT2D eigenvalue weighted by molar-refractivity contribution is -0.385. The molecule has 8 nitrogen and oxygen atoms in total. The van der Waals surface area contributed by atoms with E-state index in [0.717, 1.165) is 24.3 Å². The van der Waals surface area contributed by atoms with Gasteiger partial charge in [0.2, 0.25) is 15.9 Å². The average Bonchev–Trinajstić information content (AvgIpc) is 2.61. The van der Waals surface area contributed by atoms with Crippen molar-refractivity contribution in [3.05, 3.63) is 64.0 Å². The van der Waals surface area contributed by atoms with Crippen LogP contribution in [-0.4, -0.2) is 25.3 Å². The Hall–Kier alpha value is -2.85. The molecule has 0 aliphatic heterocycles. The number of sulfonamides is 1. The highest BCUT2D eigenvalue weighted by molar-refractivity contribution is 7.89. The molecule has 1 unspecified atom stereocenters. The van der Waals surface area contributed by atoms with Crippen LogP contribution in [0.2, 0.25) is 0 Å². The van der Waals surface area contributed by atoms with E-state index in [1.54, 1.807) is 6.92 Å². The van der Waals surface area contributed by atoms with Gasteiger partial charge in [-0.15, -0.1) is 0 Å². The maximum Gasteiger partial charge on any atom is 0.274 e. The van der Waals surface area contributed by atoms with Gasteiger partial charge in [0.1, 0.15) is 11.9 Å². The second-order valence-corrected chi connectivity index (χ2v) is 7.45. The van der Waals surface area contributed by atoms with Gasteiger partial charge in [-0.05, 0) is 43.7 Å². The quantitative estimate of drug-likeness (QED) is 0.552. The van der Waals surface area contributed by atoms with Crippen LogP contribution in [0.3, 0.4) is 0 Å². The first-order valence-electron chi connectivity index (χ1n) is 7.98. The van der Waals surface area contributed by atoms with Crippen molar-refractivity contribution in [1.82, 2.24) is 4.72 Å². The smallest absolute Gasteiger partial charge is 0.274 e. The van der Waals surface area contributed by atoms with Crippen LogP contribution in [0, 0.1) is 22.9 Å². The number of halogens is 1. The molecule has 0 saturated carbocycles. The molecule has 2 N–H and O–H groups in total. The summed E-state index contributed by atoms with van der Waals surface area (Å²) < 4.78 is 40.0. The van der Waals surface area contributed by atoms with Crippen LogP contribution in [0.1, 0.15) is 18.9 Å². The van der Waals surface area contributed by atoms with Crippen molar-refractivity contribution < 1.29 is 22.5 Å². The molecule has 0 aromatic heterocycles. The Morgan fingerprint density at radius 1 is 1.22 bits per heavy atom. The van der Waals surface area contributed by atoms with Crippen molar-refractivity contribution in [1.29, 1.82) is 0 Å². The Morgan fingerprint density at radius 2 is 1.85 bits per heavy atom. The van der Waals surface area contributed by atoms with Gasteiger partial charge in [-0.25, -0.2) is 12.8 Å². The zero-order chi connectivity index (χ0) is 20.2. The number of anilines is 1. The van der Waals surface area contributed by atoms with E-state index in [1.807, 2.05) is 0 Å². The first kappa shape index (κ1) is 20.5. The number of nitrogens with one attached hydrogen (secondary N) is 2. The Bertz CT molecular complexity index is 961. The van der Waals surface area contributed by atoms with Gasteiger partial charge in [-0.3, -0.25) is 14.9 Å². The minimum absolute atomic E-state index is 0.139. The molecule has 0 fully saturated rings. The fourth-order valence-corrected chi connectivity index (χ4v) is 3.65. The summed E-state index contributed by atoms with van der Waals surface area (Å²) in [4.78, 5) is 22.7. The number of carbonyl (C=O) groups excluding carboxylic acids is 1. The van der Waals surface area contributed by atoms with Crippen LogP contribution in [0.25, 0.3) is 0 Å². The zero-order valence-corrected chi connectivity index (χ0v) is 15.4. The molecule has 1 atom stereocenters. The maximum absolute atomic E-state index is 13.0. The molecule has 0 radical (unpaired) electrons. The summed E-state index contributed by atoms with van der Waals surface area (Å²) in [6.07, 6.45) is 0.139. The van der Waals surface area contributed by atoms with Gasteiger partial charge in [0.05, 0.1) is 21.1 Å². The van der Waals surface area contributed by atoms with E-state index in [0.29, 0.717) is 0 Å². The molecule has 0 aliphatic carbocycles. The normalized spacial score (nSPS) is 12.4. The van der Waals surface area contributed by atoms with Gasteiger partial charge in [0.25, 0.3) is 5.69 Å². The summed E-state index contributed by atoms with van der Waals surface area (Å²) in [7, 11) is -4.04. The minimum Gasteiger partial charge on any atom is -0.324 e. The van der Waals surface area contributed by atoms with Crippen molar-refractivity contribution in [3.8, 4) is 0 Å². The van der Waals surface area contributed by atoms with Crippen molar-refractivity contribution in [2.45, 2.75) is 31.2 Å². The molecule has 0 heterocycles. The summed E-state index contributed by atoms with van der Waals surface area (Å²) in [5.41, 5.74) is 0.313. The van der Waals surface area contributed by atoms with E-state index in [4.69, 9.17) is 0 Å². The number of carbonyl (C=O) groups is 1. The van der Waals surface area contributed by atoms with Gasteiger partial charge >= 0.3 is 0 Å². The van der Waals surface area contributed by atoms with E-state index in [-0.39, 0.29) is 28.3 Å². The predicted octanol–water partition coefficient (Wildman–Crippen LogP) is 2.74. The molecule has 0 saturated heterocycles. The van der Waals surface area contributed by atoms with Gasteiger partial charge in [0, 0.05) is 6.07 Å². The molecule has 10 heteroatoms. The lowest BCUT2D eigenvalue weighted by Crippen LogP contribution is -2.43. The lowest BCUT2D eigenvalue weighted by Gasteiger charge is -2.18.